The maximum atomic E-state index is 13.8. The van der Waals surface area contributed by atoms with Gasteiger partial charge in [-0.05, 0) is 43.4 Å². The van der Waals surface area contributed by atoms with Crippen LogP contribution in [0.4, 0.5) is 25.2 Å². The van der Waals surface area contributed by atoms with Crippen molar-refractivity contribution in [1.82, 2.24) is 9.80 Å². The number of aliphatic imine (C=N–C) groups is 1. The van der Waals surface area contributed by atoms with Crippen LogP contribution in [-0.4, -0.2) is 48.9 Å². The Labute approximate surface area is 159 Å². The highest BCUT2D eigenvalue weighted by molar-refractivity contribution is 7.23. The number of nitrogens with zero attached hydrogens (tertiary/aromatic N) is 3. The fraction of sp³-hybridized carbons (Fsp3) is 0.250. The molecule has 138 valence electrons. The van der Waals surface area contributed by atoms with Gasteiger partial charge in [-0.3, -0.25) is 0 Å². The Bertz CT molecular complexity index is 1070. The number of rotatable bonds is 0. The molecule has 0 radical (unpaired) electrons. The van der Waals surface area contributed by atoms with Gasteiger partial charge in [0.05, 0.1) is 16.9 Å². The standard InChI is InChI=1S/C20H18F2N4S/c1-25-6-8-26(9-7-25)19-18-14-4-2-13(22)11-17(14)27-20(18)24-16-10-12(21)3-5-15(16)23-19/h2-5,10-11,24H,6-9H2,1H3. The number of likely N-dealkylation sites (N-methyl/N-ethyl adjacent to an activating group) is 1. The van der Waals surface area contributed by atoms with Gasteiger partial charge in [-0.25, -0.2) is 13.8 Å². The van der Waals surface area contributed by atoms with Crippen LogP contribution in [0.3, 0.4) is 0 Å². The number of piperazine rings is 1. The Hall–Kier alpha value is -2.51. The van der Waals surface area contributed by atoms with Gasteiger partial charge in [0.25, 0.3) is 0 Å². The third kappa shape index (κ3) is 2.87. The molecule has 5 rings (SSSR count). The Balaban J connectivity index is 1.73. The summed E-state index contributed by atoms with van der Waals surface area (Å²) < 4.78 is 28.4. The van der Waals surface area contributed by atoms with Gasteiger partial charge in [0, 0.05) is 36.3 Å². The van der Waals surface area contributed by atoms with Crippen molar-refractivity contribution in [2.75, 3.05) is 38.5 Å². The minimum Gasteiger partial charge on any atom is -0.353 e. The summed E-state index contributed by atoms with van der Waals surface area (Å²) in [5.41, 5.74) is 2.31. The first kappa shape index (κ1) is 16.6. The minimum atomic E-state index is -0.312. The van der Waals surface area contributed by atoms with Crippen molar-refractivity contribution in [2.24, 2.45) is 4.99 Å². The number of anilines is 2. The number of hydrogen-bond acceptors (Lipinski definition) is 5. The lowest BCUT2D eigenvalue weighted by Crippen LogP contribution is -2.47. The smallest absolute Gasteiger partial charge is 0.140 e. The van der Waals surface area contributed by atoms with Gasteiger partial charge < -0.3 is 15.1 Å². The number of halogens is 2. The highest BCUT2D eigenvalue weighted by Crippen LogP contribution is 2.43. The second-order valence-electron chi connectivity index (χ2n) is 6.96. The van der Waals surface area contributed by atoms with Gasteiger partial charge in [0.2, 0.25) is 0 Å². The molecule has 1 N–H and O–H groups in total. The van der Waals surface area contributed by atoms with Crippen molar-refractivity contribution >= 4 is 43.6 Å². The fourth-order valence-corrected chi connectivity index (χ4v) is 4.76. The molecular formula is C20H18F2N4S. The molecule has 1 saturated heterocycles. The van der Waals surface area contributed by atoms with Crippen LogP contribution >= 0.6 is 11.3 Å². The quantitative estimate of drug-likeness (QED) is 0.616. The van der Waals surface area contributed by atoms with Gasteiger partial charge in [-0.15, -0.1) is 11.3 Å². The summed E-state index contributed by atoms with van der Waals surface area (Å²) in [6.07, 6.45) is 0. The van der Waals surface area contributed by atoms with Crippen LogP contribution in [0, 0.1) is 11.6 Å². The lowest BCUT2D eigenvalue weighted by molar-refractivity contribution is 0.216. The van der Waals surface area contributed by atoms with Crippen molar-refractivity contribution in [3.05, 3.63) is 53.6 Å². The molecule has 2 aliphatic heterocycles. The Morgan fingerprint density at radius 1 is 1.00 bits per heavy atom. The predicted molar refractivity (Wildman–Crippen MR) is 107 cm³/mol. The molecule has 0 amide bonds. The SMILES string of the molecule is CN1CCN(C2=Nc3ccc(F)cc3Nc3sc4cc(F)ccc4c32)CC1. The van der Waals surface area contributed by atoms with Gasteiger partial charge in [-0.1, -0.05) is 0 Å². The van der Waals surface area contributed by atoms with E-state index in [0.717, 1.165) is 52.7 Å². The number of hydrogen-bond donors (Lipinski definition) is 1. The Kier molecular flexibility index (Phi) is 3.87. The van der Waals surface area contributed by atoms with Crippen LogP contribution in [0.5, 0.6) is 0 Å². The summed E-state index contributed by atoms with van der Waals surface area (Å²) in [5, 5.41) is 5.18. The molecule has 2 aromatic carbocycles. The molecule has 0 bridgehead atoms. The molecule has 3 heterocycles. The van der Waals surface area contributed by atoms with Crippen LogP contribution in [0.15, 0.2) is 41.4 Å². The van der Waals surface area contributed by atoms with E-state index in [-0.39, 0.29) is 11.6 Å². The van der Waals surface area contributed by atoms with Crippen LogP contribution < -0.4 is 5.32 Å². The molecular weight excluding hydrogens is 366 g/mol. The van der Waals surface area contributed by atoms with Crippen molar-refractivity contribution in [1.29, 1.82) is 0 Å². The summed E-state index contributed by atoms with van der Waals surface area (Å²) in [6.45, 7) is 3.64. The largest absolute Gasteiger partial charge is 0.353 e. The molecule has 0 spiro atoms. The number of nitrogens with one attached hydrogen (secondary N) is 1. The number of fused-ring (bicyclic) bond motifs is 4. The molecule has 0 atom stereocenters. The van der Waals surface area contributed by atoms with Crippen LogP contribution in [0.2, 0.25) is 0 Å². The zero-order valence-corrected chi connectivity index (χ0v) is 15.6. The van der Waals surface area contributed by atoms with Crippen LogP contribution in [-0.2, 0) is 0 Å². The first-order valence-electron chi connectivity index (χ1n) is 8.90. The third-order valence-electron chi connectivity index (χ3n) is 5.11. The molecule has 0 saturated carbocycles. The van der Waals surface area contributed by atoms with E-state index in [2.05, 4.69) is 22.2 Å². The van der Waals surface area contributed by atoms with Crippen LogP contribution in [0.25, 0.3) is 10.1 Å². The molecule has 27 heavy (non-hydrogen) atoms. The predicted octanol–water partition coefficient (Wildman–Crippen LogP) is 4.56. The van der Waals surface area contributed by atoms with Gasteiger partial charge >= 0.3 is 0 Å². The van der Waals surface area contributed by atoms with Gasteiger partial charge in [0.1, 0.15) is 22.5 Å². The highest BCUT2D eigenvalue weighted by Gasteiger charge is 2.27. The first-order valence-corrected chi connectivity index (χ1v) is 9.71. The van der Waals surface area contributed by atoms with E-state index in [1.807, 2.05) is 6.07 Å². The van der Waals surface area contributed by atoms with E-state index in [1.165, 1.54) is 29.5 Å². The fourth-order valence-electron chi connectivity index (χ4n) is 3.63. The second-order valence-corrected chi connectivity index (χ2v) is 8.01. The molecule has 2 aliphatic rings. The second kappa shape index (κ2) is 6.28. The molecule has 0 aliphatic carbocycles. The summed E-state index contributed by atoms with van der Waals surface area (Å²) in [5.74, 6) is 0.297. The first-order chi connectivity index (χ1) is 13.1. The maximum Gasteiger partial charge on any atom is 0.140 e. The summed E-state index contributed by atoms with van der Waals surface area (Å²) in [6, 6.07) is 9.42. The number of benzene rings is 2. The van der Waals surface area contributed by atoms with E-state index < -0.39 is 0 Å². The summed E-state index contributed by atoms with van der Waals surface area (Å²) >= 11 is 1.47. The number of amidine groups is 1. The van der Waals surface area contributed by atoms with Crippen molar-refractivity contribution in [3.8, 4) is 0 Å². The topological polar surface area (TPSA) is 30.9 Å². The Morgan fingerprint density at radius 3 is 2.56 bits per heavy atom. The van der Waals surface area contributed by atoms with Crippen molar-refractivity contribution in [3.63, 3.8) is 0 Å². The average Bonchev–Trinajstić information content (AvgIpc) is 2.90. The summed E-state index contributed by atoms with van der Waals surface area (Å²) in [7, 11) is 2.11. The molecule has 3 aromatic rings. The van der Waals surface area contributed by atoms with E-state index in [9.17, 15) is 8.78 Å². The molecule has 4 nitrogen and oxygen atoms in total. The van der Waals surface area contributed by atoms with E-state index in [4.69, 9.17) is 4.99 Å². The summed E-state index contributed by atoms with van der Waals surface area (Å²) in [4.78, 5) is 9.48. The normalized spacial score (nSPS) is 17.1. The molecule has 0 unspecified atom stereocenters. The monoisotopic (exact) mass is 384 g/mol. The lowest BCUT2D eigenvalue weighted by atomic mass is 10.1. The zero-order valence-electron chi connectivity index (χ0n) is 14.8. The van der Waals surface area contributed by atoms with E-state index in [1.54, 1.807) is 12.1 Å². The van der Waals surface area contributed by atoms with Crippen LogP contribution in [0.1, 0.15) is 5.56 Å². The molecule has 1 fully saturated rings. The highest BCUT2D eigenvalue weighted by atomic mass is 32.1. The minimum absolute atomic E-state index is 0.261. The zero-order chi connectivity index (χ0) is 18.5. The number of thiophene rings is 1. The van der Waals surface area contributed by atoms with Gasteiger partial charge in [0.15, 0.2) is 0 Å². The van der Waals surface area contributed by atoms with E-state index in [0.29, 0.717) is 11.4 Å². The van der Waals surface area contributed by atoms with Crippen molar-refractivity contribution < 1.29 is 8.78 Å². The van der Waals surface area contributed by atoms with Crippen molar-refractivity contribution in [2.45, 2.75) is 0 Å². The van der Waals surface area contributed by atoms with Gasteiger partial charge in [-0.2, -0.15) is 0 Å². The lowest BCUT2D eigenvalue weighted by Gasteiger charge is -2.34. The maximum absolute atomic E-state index is 13.8. The molecule has 1 aromatic heterocycles. The Morgan fingerprint density at radius 2 is 1.74 bits per heavy atom. The van der Waals surface area contributed by atoms with E-state index >= 15 is 0 Å². The molecule has 7 heteroatoms. The third-order valence-corrected chi connectivity index (χ3v) is 6.18. The average molecular weight is 384 g/mol.